The normalized spacial score (nSPS) is 11.9. The summed E-state index contributed by atoms with van der Waals surface area (Å²) in [6.07, 6.45) is -0.948. The number of halogens is 1. The van der Waals surface area contributed by atoms with Gasteiger partial charge in [0, 0.05) is 5.02 Å². The molecule has 0 aromatic heterocycles. The number of carbonyl (C=O) groups is 1. The molecule has 0 aliphatic carbocycles. The van der Waals surface area contributed by atoms with Gasteiger partial charge in [0.05, 0.1) is 22.7 Å². The third kappa shape index (κ3) is 5.43. The first-order chi connectivity index (χ1) is 14.8. The van der Waals surface area contributed by atoms with Gasteiger partial charge in [-0.3, -0.25) is 4.31 Å². The fourth-order valence-corrected chi connectivity index (χ4v) is 4.46. The van der Waals surface area contributed by atoms with Crippen molar-refractivity contribution in [2.24, 2.45) is 0 Å². The molecule has 3 rings (SSSR count). The number of anilines is 1. The molecule has 0 aliphatic rings. The van der Waals surface area contributed by atoms with Crippen molar-refractivity contribution >= 4 is 33.3 Å². The first kappa shape index (κ1) is 22.3. The zero-order valence-corrected chi connectivity index (χ0v) is 18.2. The lowest BCUT2D eigenvalue weighted by Crippen LogP contribution is -2.30. The van der Waals surface area contributed by atoms with Gasteiger partial charge in [0.25, 0.3) is 10.0 Å². The number of carbonyl (C=O) groups excluding carboxylic acids is 1. The largest absolute Gasteiger partial charge is 0.444 e. The van der Waals surface area contributed by atoms with Gasteiger partial charge in [-0.05, 0) is 55.0 Å². The molecule has 3 aromatic carbocycles. The lowest BCUT2D eigenvalue weighted by Gasteiger charge is -2.25. The Labute approximate surface area is 186 Å². The van der Waals surface area contributed by atoms with Gasteiger partial charge in [-0.2, -0.15) is 5.26 Å². The maximum atomic E-state index is 13.6. The van der Waals surface area contributed by atoms with E-state index in [1.54, 1.807) is 30.3 Å². The van der Waals surface area contributed by atoms with E-state index in [0.717, 1.165) is 5.56 Å². The third-order valence-electron chi connectivity index (χ3n) is 4.41. The molecule has 1 unspecified atom stereocenters. The first-order valence-electron chi connectivity index (χ1n) is 9.34. The summed E-state index contributed by atoms with van der Waals surface area (Å²) in [5, 5.41) is 9.32. The number of ether oxygens (including phenoxy) is 1. The van der Waals surface area contributed by atoms with E-state index >= 15 is 0 Å². The van der Waals surface area contributed by atoms with Crippen LogP contribution in [0.1, 0.15) is 22.8 Å². The van der Waals surface area contributed by atoms with Crippen molar-refractivity contribution in [1.29, 1.82) is 5.26 Å². The summed E-state index contributed by atoms with van der Waals surface area (Å²) < 4.78 is 33.4. The van der Waals surface area contributed by atoms with Crippen molar-refractivity contribution in [3.8, 4) is 6.07 Å². The molecule has 0 fully saturated rings. The minimum absolute atomic E-state index is 0.0407. The van der Waals surface area contributed by atoms with Crippen LogP contribution in [-0.2, 0) is 21.3 Å². The Balaban J connectivity index is 2.02. The van der Waals surface area contributed by atoms with Crippen LogP contribution in [0.15, 0.2) is 83.8 Å². The second-order valence-corrected chi connectivity index (χ2v) is 8.98. The van der Waals surface area contributed by atoms with E-state index in [1.807, 2.05) is 30.3 Å². The van der Waals surface area contributed by atoms with Crippen LogP contribution >= 0.6 is 11.6 Å². The van der Waals surface area contributed by atoms with Crippen molar-refractivity contribution < 1.29 is 17.9 Å². The molecule has 3 aromatic rings. The van der Waals surface area contributed by atoms with Crippen molar-refractivity contribution in [1.82, 2.24) is 0 Å². The van der Waals surface area contributed by atoms with Crippen LogP contribution in [0.2, 0.25) is 5.02 Å². The fourth-order valence-electron chi connectivity index (χ4n) is 2.84. The average Bonchev–Trinajstić information content (AvgIpc) is 2.78. The minimum Gasteiger partial charge on any atom is -0.444 e. The molecular formula is C23H19ClN2O4S. The van der Waals surface area contributed by atoms with E-state index < -0.39 is 22.1 Å². The summed E-state index contributed by atoms with van der Waals surface area (Å²) >= 11 is 5.97. The number of sulfonamides is 1. The number of hydrogen-bond donors (Lipinski definition) is 0. The van der Waals surface area contributed by atoms with E-state index in [-0.39, 0.29) is 17.0 Å². The second kappa shape index (κ2) is 9.65. The van der Waals surface area contributed by atoms with Crippen LogP contribution in [0.3, 0.4) is 0 Å². The molecule has 0 N–H and O–H groups in total. The lowest BCUT2D eigenvalue weighted by atomic mass is 10.2. The topological polar surface area (TPSA) is 87.5 Å². The summed E-state index contributed by atoms with van der Waals surface area (Å²) in [5.41, 5.74) is 1.26. The van der Waals surface area contributed by atoms with E-state index in [9.17, 15) is 13.2 Å². The Kier molecular flexibility index (Phi) is 6.95. The molecule has 0 bridgehead atoms. The number of nitrogens with zero attached hydrogens (tertiary/aromatic N) is 2. The average molecular weight is 455 g/mol. The molecule has 0 saturated carbocycles. The monoisotopic (exact) mass is 454 g/mol. The van der Waals surface area contributed by atoms with Crippen LogP contribution in [-0.4, -0.2) is 20.5 Å². The van der Waals surface area contributed by atoms with E-state index in [4.69, 9.17) is 21.6 Å². The van der Waals surface area contributed by atoms with Gasteiger partial charge in [-0.25, -0.2) is 13.2 Å². The Bertz CT molecular complexity index is 1210. The predicted molar refractivity (Wildman–Crippen MR) is 118 cm³/mol. The summed E-state index contributed by atoms with van der Waals surface area (Å²) in [4.78, 5) is 12.2. The second-order valence-electron chi connectivity index (χ2n) is 6.68. The standard InChI is InChI=1S/C23H19ClN2O4S/c1-17(15-25)30-23(27)19-8-5-9-22(14-19)31(28,29)26(16-18-6-3-2-4-7-18)21-12-10-20(24)11-13-21/h2-14,17H,16H2,1H3. The van der Waals surface area contributed by atoms with Crippen molar-refractivity contribution in [2.75, 3.05) is 4.31 Å². The number of hydrogen-bond acceptors (Lipinski definition) is 5. The van der Waals surface area contributed by atoms with Gasteiger partial charge in [-0.15, -0.1) is 0 Å². The van der Waals surface area contributed by atoms with E-state index in [1.165, 1.54) is 35.5 Å². The van der Waals surface area contributed by atoms with Crippen LogP contribution in [0.5, 0.6) is 0 Å². The maximum Gasteiger partial charge on any atom is 0.339 e. The Morgan fingerprint density at radius 3 is 2.39 bits per heavy atom. The van der Waals surface area contributed by atoms with Gasteiger partial charge in [0.15, 0.2) is 6.10 Å². The Hall–Kier alpha value is -3.34. The fraction of sp³-hybridized carbons (Fsp3) is 0.130. The number of nitriles is 1. The summed E-state index contributed by atoms with van der Waals surface area (Å²) in [7, 11) is -4.04. The highest BCUT2D eigenvalue weighted by molar-refractivity contribution is 7.92. The van der Waals surface area contributed by atoms with E-state index in [2.05, 4.69) is 0 Å². The van der Waals surface area contributed by atoms with Crippen LogP contribution in [0.25, 0.3) is 0 Å². The number of esters is 1. The molecule has 1 atom stereocenters. The van der Waals surface area contributed by atoms with Crippen LogP contribution in [0.4, 0.5) is 5.69 Å². The molecule has 0 radical (unpaired) electrons. The molecule has 158 valence electrons. The molecular weight excluding hydrogens is 436 g/mol. The van der Waals surface area contributed by atoms with Crippen molar-refractivity contribution in [2.45, 2.75) is 24.5 Å². The van der Waals surface area contributed by atoms with Gasteiger partial charge < -0.3 is 4.74 Å². The first-order valence-corrected chi connectivity index (χ1v) is 11.2. The molecule has 0 amide bonds. The molecule has 6 nitrogen and oxygen atoms in total. The van der Waals surface area contributed by atoms with Gasteiger partial charge in [0.1, 0.15) is 6.07 Å². The highest BCUT2D eigenvalue weighted by Gasteiger charge is 2.26. The molecule has 0 saturated heterocycles. The zero-order valence-electron chi connectivity index (χ0n) is 16.6. The predicted octanol–water partition coefficient (Wildman–Crippen LogP) is 4.80. The quantitative estimate of drug-likeness (QED) is 0.478. The number of rotatable bonds is 7. The summed E-state index contributed by atoms with van der Waals surface area (Å²) in [6, 6.07) is 23.0. The summed E-state index contributed by atoms with van der Waals surface area (Å²) in [6.45, 7) is 1.52. The SMILES string of the molecule is CC(C#N)OC(=O)c1cccc(S(=O)(=O)N(Cc2ccccc2)c2ccc(Cl)cc2)c1. The Morgan fingerprint density at radius 2 is 1.74 bits per heavy atom. The molecule has 31 heavy (non-hydrogen) atoms. The van der Waals surface area contributed by atoms with Gasteiger partial charge in [-0.1, -0.05) is 48.0 Å². The van der Waals surface area contributed by atoms with Crippen molar-refractivity contribution in [3.05, 3.63) is 95.0 Å². The smallest absolute Gasteiger partial charge is 0.339 e. The molecule has 0 spiro atoms. The Morgan fingerprint density at radius 1 is 1.06 bits per heavy atom. The third-order valence-corrected chi connectivity index (χ3v) is 6.43. The molecule has 0 heterocycles. The maximum absolute atomic E-state index is 13.6. The lowest BCUT2D eigenvalue weighted by molar-refractivity contribution is 0.0435. The zero-order chi connectivity index (χ0) is 22.4. The highest BCUT2D eigenvalue weighted by atomic mass is 35.5. The summed E-state index contributed by atoms with van der Waals surface area (Å²) in [5.74, 6) is -0.771. The minimum atomic E-state index is -4.04. The van der Waals surface area contributed by atoms with Crippen LogP contribution in [0, 0.1) is 11.3 Å². The highest BCUT2D eigenvalue weighted by Crippen LogP contribution is 2.28. The van der Waals surface area contributed by atoms with Gasteiger partial charge in [0.2, 0.25) is 0 Å². The molecule has 0 aliphatic heterocycles. The van der Waals surface area contributed by atoms with Crippen molar-refractivity contribution in [3.63, 3.8) is 0 Å². The van der Waals surface area contributed by atoms with Gasteiger partial charge >= 0.3 is 5.97 Å². The van der Waals surface area contributed by atoms with Crippen LogP contribution < -0.4 is 4.31 Å². The number of benzene rings is 3. The molecule has 8 heteroatoms. The van der Waals surface area contributed by atoms with E-state index in [0.29, 0.717) is 10.7 Å².